The van der Waals surface area contributed by atoms with E-state index in [1.807, 2.05) is 37.3 Å². The Morgan fingerprint density at radius 3 is 2.54 bits per heavy atom. The lowest BCUT2D eigenvalue weighted by Gasteiger charge is -2.34. The minimum atomic E-state index is -0.442. The quantitative estimate of drug-likeness (QED) is 0.733. The molecular weight excluding hydrogens is 306 g/mol. The fourth-order valence-electron chi connectivity index (χ4n) is 3.28. The molecule has 24 heavy (non-hydrogen) atoms. The van der Waals surface area contributed by atoms with E-state index < -0.39 is 12.4 Å². The number of methoxy groups -OCH3 is 1. The van der Waals surface area contributed by atoms with Gasteiger partial charge in [0.05, 0.1) is 6.04 Å². The van der Waals surface area contributed by atoms with Crippen LogP contribution in [0.3, 0.4) is 0 Å². The summed E-state index contributed by atoms with van der Waals surface area (Å²) in [5.74, 6) is 0.361. The first-order chi connectivity index (χ1) is 11.7. The molecule has 1 aromatic rings. The number of carbonyl (C=O) groups is 1. The molecule has 5 heteroatoms. The van der Waals surface area contributed by atoms with Gasteiger partial charge in [0.25, 0.3) is 0 Å². The van der Waals surface area contributed by atoms with Gasteiger partial charge in [-0.3, -0.25) is 0 Å². The third kappa shape index (κ3) is 5.80. The first-order valence-corrected chi connectivity index (χ1v) is 8.86. The first-order valence-electron chi connectivity index (χ1n) is 8.86. The summed E-state index contributed by atoms with van der Waals surface area (Å²) in [6, 6.07) is 9.48. The lowest BCUT2D eigenvalue weighted by atomic mass is 9.83. The number of ether oxygens (including phenoxy) is 3. The maximum absolute atomic E-state index is 12.2. The van der Waals surface area contributed by atoms with E-state index in [1.165, 1.54) is 19.3 Å². The highest BCUT2D eigenvalue weighted by Crippen LogP contribution is 2.29. The van der Waals surface area contributed by atoms with Gasteiger partial charge in [0.1, 0.15) is 6.61 Å². The molecule has 1 fully saturated rings. The van der Waals surface area contributed by atoms with E-state index in [9.17, 15) is 4.79 Å². The zero-order chi connectivity index (χ0) is 17.2. The molecule has 2 atom stereocenters. The van der Waals surface area contributed by atoms with Crippen LogP contribution in [0, 0.1) is 5.92 Å². The third-order valence-electron chi connectivity index (χ3n) is 4.51. The van der Waals surface area contributed by atoms with Crippen molar-refractivity contribution in [2.45, 2.75) is 58.0 Å². The van der Waals surface area contributed by atoms with Crippen molar-refractivity contribution < 1.29 is 19.0 Å². The van der Waals surface area contributed by atoms with Gasteiger partial charge in [0, 0.05) is 13.7 Å². The molecule has 134 valence electrons. The van der Waals surface area contributed by atoms with Gasteiger partial charge in [-0.05, 0) is 31.2 Å². The third-order valence-corrected chi connectivity index (χ3v) is 4.51. The van der Waals surface area contributed by atoms with Crippen molar-refractivity contribution in [2.75, 3.05) is 13.7 Å². The largest absolute Gasteiger partial charge is 0.445 e. The second-order valence-corrected chi connectivity index (χ2v) is 6.19. The van der Waals surface area contributed by atoms with E-state index in [0.29, 0.717) is 12.5 Å². The van der Waals surface area contributed by atoms with Gasteiger partial charge in [-0.25, -0.2) is 4.79 Å². The molecule has 2 rings (SSSR count). The predicted octanol–water partition coefficient (Wildman–Crippen LogP) is 3.87. The molecule has 2 unspecified atom stereocenters. The smallest absolute Gasteiger partial charge is 0.407 e. The molecule has 5 nitrogen and oxygen atoms in total. The molecule has 0 aromatic heterocycles. The number of rotatable bonds is 8. The van der Waals surface area contributed by atoms with Crippen LogP contribution in [0.2, 0.25) is 0 Å². The van der Waals surface area contributed by atoms with Crippen molar-refractivity contribution in [3.05, 3.63) is 35.9 Å². The van der Waals surface area contributed by atoms with Crippen LogP contribution in [0.1, 0.15) is 44.6 Å². The number of hydrogen-bond donors (Lipinski definition) is 1. The average molecular weight is 335 g/mol. The molecule has 0 bridgehead atoms. The second-order valence-electron chi connectivity index (χ2n) is 6.19. The average Bonchev–Trinajstić information content (AvgIpc) is 2.64. The van der Waals surface area contributed by atoms with Gasteiger partial charge in [-0.15, -0.1) is 0 Å². The van der Waals surface area contributed by atoms with Gasteiger partial charge < -0.3 is 19.5 Å². The molecule has 1 saturated carbocycles. The molecule has 0 aliphatic heterocycles. The van der Waals surface area contributed by atoms with Crippen LogP contribution in [0.15, 0.2) is 30.3 Å². The Balaban J connectivity index is 1.93. The Morgan fingerprint density at radius 2 is 1.92 bits per heavy atom. The van der Waals surface area contributed by atoms with Gasteiger partial charge >= 0.3 is 6.09 Å². The summed E-state index contributed by atoms with van der Waals surface area (Å²) in [4.78, 5) is 12.2. The van der Waals surface area contributed by atoms with E-state index in [1.54, 1.807) is 7.11 Å². The summed E-state index contributed by atoms with van der Waals surface area (Å²) in [6.07, 6.45) is 4.93. The Labute approximate surface area is 144 Å². The van der Waals surface area contributed by atoms with Crippen molar-refractivity contribution in [3.63, 3.8) is 0 Å². The molecule has 0 spiro atoms. The van der Waals surface area contributed by atoms with Crippen molar-refractivity contribution in [1.29, 1.82) is 0 Å². The molecule has 1 aliphatic rings. The molecule has 0 radical (unpaired) electrons. The summed E-state index contributed by atoms with van der Waals surface area (Å²) in [5, 5.41) is 2.98. The zero-order valence-corrected chi connectivity index (χ0v) is 14.7. The number of benzene rings is 1. The monoisotopic (exact) mass is 335 g/mol. The Bertz CT molecular complexity index is 469. The van der Waals surface area contributed by atoms with Crippen molar-refractivity contribution >= 4 is 6.09 Å². The van der Waals surface area contributed by atoms with Crippen LogP contribution in [0.4, 0.5) is 4.79 Å². The van der Waals surface area contributed by atoms with E-state index in [-0.39, 0.29) is 12.6 Å². The molecule has 1 aliphatic carbocycles. The molecule has 0 saturated heterocycles. The Morgan fingerprint density at radius 1 is 1.21 bits per heavy atom. The van der Waals surface area contributed by atoms with Crippen molar-refractivity contribution in [1.82, 2.24) is 5.32 Å². The highest BCUT2D eigenvalue weighted by Gasteiger charge is 2.33. The van der Waals surface area contributed by atoms with Crippen molar-refractivity contribution in [3.8, 4) is 0 Å². The fraction of sp³-hybridized carbons (Fsp3) is 0.632. The highest BCUT2D eigenvalue weighted by molar-refractivity contribution is 5.67. The highest BCUT2D eigenvalue weighted by atomic mass is 16.7. The minimum Gasteiger partial charge on any atom is -0.445 e. The minimum absolute atomic E-state index is 0.182. The number of nitrogens with one attached hydrogen (secondary N) is 1. The van der Waals surface area contributed by atoms with E-state index in [4.69, 9.17) is 14.2 Å². The maximum atomic E-state index is 12.2. The molecular formula is C19H29NO4. The number of alkyl carbamates (subject to hydrolysis) is 1. The van der Waals surface area contributed by atoms with Gasteiger partial charge in [0.15, 0.2) is 6.29 Å². The van der Waals surface area contributed by atoms with Crippen LogP contribution < -0.4 is 5.32 Å². The Kier molecular flexibility index (Phi) is 8.05. The van der Waals surface area contributed by atoms with Gasteiger partial charge in [0.2, 0.25) is 0 Å². The summed E-state index contributed by atoms with van der Waals surface area (Å²) >= 11 is 0. The predicted molar refractivity (Wildman–Crippen MR) is 92.5 cm³/mol. The lowest BCUT2D eigenvalue weighted by Crippen LogP contribution is -2.50. The number of carbonyl (C=O) groups excluding carboxylic acids is 1. The molecule has 0 heterocycles. The topological polar surface area (TPSA) is 56.8 Å². The summed E-state index contributed by atoms with van der Waals surface area (Å²) in [6.45, 7) is 2.73. The lowest BCUT2D eigenvalue weighted by molar-refractivity contribution is -0.149. The molecule has 1 aromatic carbocycles. The van der Waals surface area contributed by atoms with Crippen molar-refractivity contribution in [2.24, 2.45) is 5.92 Å². The zero-order valence-electron chi connectivity index (χ0n) is 14.7. The van der Waals surface area contributed by atoms with Crippen LogP contribution in [-0.4, -0.2) is 32.1 Å². The molecule has 1 amide bonds. The van der Waals surface area contributed by atoms with Gasteiger partial charge in [-0.1, -0.05) is 49.6 Å². The second kappa shape index (κ2) is 10.3. The summed E-state index contributed by atoms with van der Waals surface area (Å²) in [7, 11) is 1.62. The number of hydrogen-bond acceptors (Lipinski definition) is 4. The fourth-order valence-corrected chi connectivity index (χ4v) is 3.28. The normalized spacial score (nSPS) is 17.9. The van der Waals surface area contributed by atoms with Crippen LogP contribution in [0.5, 0.6) is 0 Å². The summed E-state index contributed by atoms with van der Waals surface area (Å²) < 4.78 is 16.5. The van der Waals surface area contributed by atoms with Gasteiger partial charge in [-0.2, -0.15) is 0 Å². The molecule has 1 N–H and O–H groups in total. The van der Waals surface area contributed by atoms with E-state index >= 15 is 0 Å². The Hall–Kier alpha value is -1.59. The van der Waals surface area contributed by atoms with E-state index in [0.717, 1.165) is 18.4 Å². The van der Waals surface area contributed by atoms with E-state index in [2.05, 4.69) is 5.32 Å². The van der Waals surface area contributed by atoms with Crippen LogP contribution >= 0.6 is 0 Å². The first kappa shape index (κ1) is 18.7. The van der Waals surface area contributed by atoms with Crippen LogP contribution in [-0.2, 0) is 20.8 Å². The number of amides is 1. The maximum Gasteiger partial charge on any atom is 0.407 e. The summed E-state index contributed by atoms with van der Waals surface area (Å²) in [5.41, 5.74) is 0.968. The van der Waals surface area contributed by atoms with Crippen LogP contribution in [0.25, 0.3) is 0 Å². The SMILES string of the molecule is CCOC(OC)C(NC(=O)OCc1ccccc1)C1CCCCC1. The standard InChI is InChI=1S/C19H29NO4/c1-3-23-18(22-2)17(16-12-8-5-9-13-16)20-19(21)24-14-15-10-6-4-7-11-15/h4,6-7,10-11,16-18H,3,5,8-9,12-14H2,1-2H3,(H,20,21).